The van der Waals surface area contributed by atoms with Crippen molar-refractivity contribution in [3.8, 4) is 17.0 Å². The van der Waals surface area contributed by atoms with E-state index < -0.39 is 11.9 Å². The third-order valence-electron chi connectivity index (χ3n) is 5.81. The second-order valence-corrected chi connectivity index (χ2v) is 8.93. The van der Waals surface area contributed by atoms with Crippen LogP contribution >= 0.6 is 15.9 Å². The molecule has 180 valence electrons. The van der Waals surface area contributed by atoms with Crippen LogP contribution < -0.4 is 4.74 Å². The minimum absolute atomic E-state index is 0.0165. The van der Waals surface area contributed by atoms with Gasteiger partial charge in [0.2, 0.25) is 0 Å². The first-order valence-electron chi connectivity index (χ1n) is 11.1. The van der Waals surface area contributed by atoms with Gasteiger partial charge in [-0.2, -0.15) is 18.3 Å². The molecule has 2 aromatic carbocycles. The van der Waals surface area contributed by atoms with Gasteiger partial charge in [-0.25, -0.2) is 0 Å². The highest BCUT2D eigenvalue weighted by Gasteiger charge is 2.36. The maximum atomic E-state index is 13.6. The standard InChI is InChI=1S/C25H24BrF3N2O3/c1-2-33-24(32)13-18-9-8-17-12-22(20(26)14-19(17)18)34-11-10-31-23(25(27,28)29)15-21(30-31)16-6-4-3-5-7-16/h3-7,12,14-15,18H,2,8-11,13H2,1H3/t18-/m0/s1. The zero-order valence-corrected chi connectivity index (χ0v) is 20.2. The number of fused-ring (bicyclic) bond motifs is 1. The van der Waals surface area contributed by atoms with E-state index in [2.05, 4.69) is 21.0 Å². The van der Waals surface area contributed by atoms with Gasteiger partial charge in [0.25, 0.3) is 0 Å². The molecule has 5 nitrogen and oxygen atoms in total. The number of aromatic nitrogens is 2. The van der Waals surface area contributed by atoms with Crippen LogP contribution in [-0.4, -0.2) is 29.0 Å². The molecule has 0 amide bonds. The number of nitrogens with zero attached hydrogens (tertiary/aromatic N) is 2. The molecule has 0 aliphatic heterocycles. The number of aryl methyl sites for hydroxylation is 1. The van der Waals surface area contributed by atoms with E-state index in [-0.39, 0.29) is 30.7 Å². The molecule has 0 spiro atoms. The highest BCUT2D eigenvalue weighted by Crippen LogP contribution is 2.41. The number of ether oxygens (including phenoxy) is 2. The summed E-state index contributed by atoms with van der Waals surface area (Å²) in [7, 11) is 0. The minimum Gasteiger partial charge on any atom is -0.490 e. The SMILES string of the molecule is CCOC(=O)C[C@@H]1CCc2cc(OCCn3nc(-c4ccccc4)cc3C(F)(F)F)c(Br)cc21. The van der Waals surface area contributed by atoms with Crippen molar-refractivity contribution in [1.29, 1.82) is 0 Å². The van der Waals surface area contributed by atoms with E-state index in [4.69, 9.17) is 9.47 Å². The predicted octanol–water partition coefficient (Wildman–Crippen LogP) is 6.39. The summed E-state index contributed by atoms with van der Waals surface area (Å²) in [5.74, 6) is 0.431. The van der Waals surface area contributed by atoms with E-state index in [9.17, 15) is 18.0 Å². The Balaban J connectivity index is 1.46. The third-order valence-corrected chi connectivity index (χ3v) is 6.43. The van der Waals surface area contributed by atoms with E-state index in [0.29, 0.717) is 28.8 Å². The van der Waals surface area contributed by atoms with Gasteiger partial charge in [-0.05, 0) is 70.9 Å². The van der Waals surface area contributed by atoms with Crippen LogP contribution in [0.5, 0.6) is 5.75 Å². The number of alkyl halides is 3. The zero-order chi connectivity index (χ0) is 24.3. The molecule has 34 heavy (non-hydrogen) atoms. The number of carbonyl (C=O) groups excluding carboxylic acids is 1. The molecular formula is C25H24BrF3N2O3. The minimum atomic E-state index is -4.53. The smallest absolute Gasteiger partial charge is 0.433 e. The molecule has 1 heterocycles. The molecule has 0 bridgehead atoms. The van der Waals surface area contributed by atoms with Gasteiger partial charge in [0.1, 0.15) is 18.1 Å². The maximum absolute atomic E-state index is 13.6. The Kier molecular flexibility index (Phi) is 7.30. The van der Waals surface area contributed by atoms with Crippen molar-refractivity contribution in [3.05, 3.63) is 69.8 Å². The van der Waals surface area contributed by atoms with Crippen molar-refractivity contribution >= 4 is 21.9 Å². The lowest BCUT2D eigenvalue weighted by Crippen LogP contribution is -2.18. The van der Waals surface area contributed by atoms with Crippen molar-refractivity contribution < 1.29 is 27.4 Å². The van der Waals surface area contributed by atoms with Crippen LogP contribution in [0.3, 0.4) is 0 Å². The topological polar surface area (TPSA) is 53.4 Å². The Morgan fingerprint density at radius 1 is 1.21 bits per heavy atom. The quantitative estimate of drug-likeness (QED) is 0.313. The van der Waals surface area contributed by atoms with Crippen LogP contribution in [0.15, 0.2) is 53.0 Å². The van der Waals surface area contributed by atoms with Gasteiger partial charge in [-0.15, -0.1) is 0 Å². The van der Waals surface area contributed by atoms with Crippen LogP contribution in [0.2, 0.25) is 0 Å². The Morgan fingerprint density at radius 3 is 2.68 bits per heavy atom. The number of halogens is 4. The second-order valence-electron chi connectivity index (χ2n) is 8.08. The highest BCUT2D eigenvalue weighted by atomic mass is 79.9. The fourth-order valence-corrected chi connectivity index (χ4v) is 4.72. The lowest BCUT2D eigenvalue weighted by molar-refractivity contribution is -0.144. The van der Waals surface area contributed by atoms with Crippen LogP contribution in [-0.2, 0) is 28.7 Å². The zero-order valence-electron chi connectivity index (χ0n) is 18.6. The summed E-state index contributed by atoms with van der Waals surface area (Å²) in [5.41, 5.74) is 2.22. The number of carbonyl (C=O) groups is 1. The van der Waals surface area contributed by atoms with Gasteiger partial charge in [0, 0.05) is 5.56 Å². The molecule has 1 atom stereocenters. The monoisotopic (exact) mass is 536 g/mol. The molecule has 4 rings (SSSR count). The summed E-state index contributed by atoms with van der Waals surface area (Å²) in [4.78, 5) is 11.9. The van der Waals surface area contributed by atoms with Crippen molar-refractivity contribution in [3.63, 3.8) is 0 Å². The molecule has 0 saturated carbocycles. The molecule has 0 N–H and O–H groups in total. The highest BCUT2D eigenvalue weighted by molar-refractivity contribution is 9.10. The van der Waals surface area contributed by atoms with E-state index >= 15 is 0 Å². The molecule has 1 aromatic heterocycles. The summed E-state index contributed by atoms with van der Waals surface area (Å²) in [6.45, 7) is 2.09. The van der Waals surface area contributed by atoms with Crippen molar-refractivity contribution in [1.82, 2.24) is 9.78 Å². The van der Waals surface area contributed by atoms with Crippen molar-refractivity contribution in [2.24, 2.45) is 0 Å². The van der Waals surface area contributed by atoms with E-state index in [1.807, 2.05) is 12.1 Å². The number of esters is 1. The van der Waals surface area contributed by atoms with Gasteiger partial charge in [0.05, 0.1) is 29.7 Å². The van der Waals surface area contributed by atoms with Crippen molar-refractivity contribution in [2.75, 3.05) is 13.2 Å². The average Bonchev–Trinajstić information content (AvgIpc) is 3.39. The van der Waals surface area contributed by atoms with E-state index in [1.54, 1.807) is 37.3 Å². The summed E-state index contributed by atoms with van der Waals surface area (Å²) in [5, 5.41) is 4.17. The molecule has 9 heteroatoms. The van der Waals surface area contributed by atoms with Crippen molar-refractivity contribution in [2.45, 2.75) is 44.8 Å². The lowest BCUT2D eigenvalue weighted by Gasteiger charge is -2.15. The predicted molar refractivity (Wildman–Crippen MR) is 125 cm³/mol. The van der Waals surface area contributed by atoms with Crippen LogP contribution in [0.4, 0.5) is 13.2 Å². The third kappa shape index (κ3) is 5.46. The number of hydrogen-bond acceptors (Lipinski definition) is 4. The summed E-state index contributed by atoms with van der Waals surface area (Å²) >= 11 is 3.50. The fourth-order valence-electron chi connectivity index (χ4n) is 4.24. The van der Waals surface area contributed by atoms with E-state index in [1.165, 1.54) is 0 Å². The Labute approximate surface area is 204 Å². The molecule has 0 radical (unpaired) electrons. The first-order valence-corrected chi connectivity index (χ1v) is 11.9. The van der Waals surface area contributed by atoms with Crippen LogP contribution in [0.25, 0.3) is 11.3 Å². The Hall–Kier alpha value is -2.81. The van der Waals surface area contributed by atoms with E-state index in [0.717, 1.165) is 34.7 Å². The average molecular weight is 537 g/mol. The van der Waals surface area contributed by atoms with Gasteiger partial charge in [0.15, 0.2) is 0 Å². The molecular weight excluding hydrogens is 513 g/mol. The summed E-state index contributed by atoms with van der Waals surface area (Å²) in [6, 6.07) is 13.6. The summed E-state index contributed by atoms with van der Waals surface area (Å²) < 4.78 is 53.3. The van der Waals surface area contributed by atoms with Gasteiger partial charge in [-0.3, -0.25) is 9.48 Å². The Bertz CT molecular complexity index is 1160. The lowest BCUT2D eigenvalue weighted by atomic mass is 9.98. The largest absolute Gasteiger partial charge is 0.490 e. The first-order chi connectivity index (χ1) is 16.3. The second kappa shape index (κ2) is 10.2. The van der Waals surface area contributed by atoms with Crippen LogP contribution in [0.1, 0.15) is 42.5 Å². The number of hydrogen-bond donors (Lipinski definition) is 0. The molecule has 0 fully saturated rings. The first kappa shape index (κ1) is 24.3. The molecule has 3 aromatic rings. The van der Waals surface area contributed by atoms with Crippen LogP contribution in [0, 0.1) is 0 Å². The number of benzene rings is 2. The van der Waals surface area contributed by atoms with Gasteiger partial charge in [-0.1, -0.05) is 30.3 Å². The summed E-state index contributed by atoms with van der Waals surface area (Å²) in [6.07, 6.45) is -2.55. The Morgan fingerprint density at radius 2 is 1.97 bits per heavy atom. The molecule has 0 saturated heterocycles. The van der Waals surface area contributed by atoms with Gasteiger partial charge < -0.3 is 9.47 Å². The molecule has 0 unspecified atom stereocenters. The molecule has 1 aliphatic carbocycles. The fraction of sp³-hybridized carbons (Fsp3) is 0.360. The number of rotatable bonds is 8. The molecule has 1 aliphatic rings. The maximum Gasteiger partial charge on any atom is 0.433 e. The van der Waals surface area contributed by atoms with Gasteiger partial charge >= 0.3 is 12.1 Å². The normalized spacial score (nSPS) is 15.3.